The third kappa shape index (κ3) is 1.94. The number of nitro benzene ring substituents is 1. The normalized spacial score (nSPS) is 9.92. The lowest BCUT2D eigenvalue weighted by Crippen LogP contribution is -2.03. The zero-order chi connectivity index (χ0) is 9.84. The van der Waals surface area contributed by atoms with Crippen molar-refractivity contribution in [3.8, 4) is 5.75 Å². The molecule has 0 aliphatic heterocycles. The zero-order valence-electron chi connectivity index (χ0n) is 6.93. The van der Waals surface area contributed by atoms with Gasteiger partial charge in [-0.1, -0.05) is 12.1 Å². The first-order valence-corrected chi connectivity index (χ1v) is 3.82. The van der Waals surface area contributed by atoms with Gasteiger partial charge in [0.05, 0.1) is 4.92 Å². The maximum Gasteiger partial charge on any atom is 0.310 e. The Morgan fingerprint density at radius 1 is 1.54 bits per heavy atom. The van der Waals surface area contributed by atoms with E-state index in [2.05, 4.69) is 0 Å². The number of nitrogens with zero attached hydrogens (tertiary/aromatic N) is 1. The first-order chi connectivity index (χ1) is 6.16. The molecule has 0 atom stereocenters. The van der Waals surface area contributed by atoms with E-state index in [0.29, 0.717) is 18.5 Å². The van der Waals surface area contributed by atoms with Gasteiger partial charge < -0.3 is 10.8 Å². The standard InChI is InChI=1S/C8H10N2O3/c9-5-4-6-2-1-3-7(8(6)11)10(12)13/h1-3,11H,4-5,9H2. The number of phenolic OH excluding ortho intramolecular Hbond substituents is 1. The van der Waals surface area contributed by atoms with Crippen LogP contribution in [0, 0.1) is 10.1 Å². The average molecular weight is 182 g/mol. The highest BCUT2D eigenvalue weighted by atomic mass is 16.6. The Morgan fingerprint density at radius 2 is 2.23 bits per heavy atom. The Labute approximate surface area is 74.9 Å². The van der Waals surface area contributed by atoms with E-state index in [-0.39, 0.29) is 11.4 Å². The van der Waals surface area contributed by atoms with Crippen LogP contribution in [-0.2, 0) is 6.42 Å². The summed E-state index contributed by atoms with van der Waals surface area (Å²) in [6.07, 6.45) is 0.438. The first kappa shape index (κ1) is 9.47. The smallest absolute Gasteiger partial charge is 0.310 e. The van der Waals surface area contributed by atoms with Crippen LogP contribution in [-0.4, -0.2) is 16.6 Å². The molecule has 0 spiro atoms. The van der Waals surface area contributed by atoms with Crippen molar-refractivity contribution in [2.45, 2.75) is 6.42 Å². The summed E-state index contributed by atoms with van der Waals surface area (Å²) in [7, 11) is 0. The third-order valence-corrected chi connectivity index (χ3v) is 1.71. The van der Waals surface area contributed by atoms with Gasteiger partial charge in [0.25, 0.3) is 0 Å². The Bertz CT molecular complexity index is 325. The Balaban J connectivity index is 3.10. The molecule has 0 saturated carbocycles. The molecule has 5 heteroatoms. The molecule has 0 fully saturated rings. The lowest BCUT2D eigenvalue weighted by molar-refractivity contribution is -0.385. The van der Waals surface area contributed by atoms with E-state index in [1.165, 1.54) is 12.1 Å². The third-order valence-electron chi connectivity index (χ3n) is 1.71. The highest BCUT2D eigenvalue weighted by Gasteiger charge is 2.15. The monoisotopic (exact) mass is 182 g/mol. The second-order valence-electron chi connectivity index (χ2n) is 2.58. The van der Waals surface area contributed by atoms with E-state index in [9.17, 15) is 15.2 Å². The van der Waals surface area contributed by atoms with Gasteiger partial charge in [0, 0.05) is 11.6 Å². The first-order valence-electron chi connectivity index (χ1n) is 3.82. The largest absolute Gasteiger partial charge is 0.502 e. The van der Waals surface area contributed by atoms with Crippen LogP contribution in [0.25, 0.3) is 0 Å². The Hall–Kier alpha value is -1.62. The molecule has 0 aliphatic rings. The molecule has 3 N–H and O–H groups in total. The molecule has 0 aliphatic carbocycles. The molecular weight excluding hydrogens is 172 g/mol. The summed E-state index contributed by atoms with van der Waals surface area (Å²) in [5, 5.41) is 19.8. The van der Waals surface area contributed by atoms with Crippen LogP contribution >= 0.6 is 0 Å². The molecule has 0 unspecified atom stereocenters. The second kappa shape index (κ2) is 3.86. The van der Waals surface area contributed by atoms with Crippen molar-refractivity contribution in [1.29, 1.82) is 0 Å². The number of para-hydroxylation sites is 1. The minimum Gasteiger partial charge on any atom is -0.502 e. The maximum absolute atomic E-state index is 10.4. The van der Waals surface area contributed by atoms with Crippen molar-refractivity contribution in [3.05, 3.63) is 33.9 Å². The van der Waals surface area contributed by atoms with Crippen molar-refractivity contribution in [1.82, 2.24) is 0 Å². The van der Waals surface area contributed by atoms with Crippen LogP contribution in [0.4, 0.5) is 5.69 Å². The van der Waals surface area contributed by atoms with Crippen molar-refractivity contribution in [3.63, 3.8) is 0 Å². The molecule has 1 aromatic rings. The number of aromatic hydroxyl groups is 1. The minimum atomic E-state index is -0.616. The Morgan fingerprint density at radius 3 is 2.77 bits per heavy atom. The number of nitrogens with two attached hydrogens (primary N) is 1. The summed E-state index contributed by atoms with van der Waals surface area (Å²) in [6, 6.07) is 4.41. The van der Waals surface area contributed by atoms with Crippen LogP contribution in [0.5, 0.6) is 5.75 Å². The molecule has 1 rings (SSSR count). The number of hydrogen-bond acceptors (Lipinski definition) is 4. The van der Waals surface area contributed by atoms with E-state index < -0.39 is 4.92 Å². The summed E-state index contributed by atoms with van der Waals surface area (Å²) < 4.78 is 0. The average Bonchev–Trinajstić information content (AvgIpc) is 2.08. The molecule has 0 aromatic heterocycles. The second-order valence-corrected chi connectivity index (χ2v) is 2.58. The molecule has 0 bridgehead atoms. The molecule has 0 heterocycles. The molecule has 0 saturated heterocycles. The fraction of sp³-hybridized carbons (Fsp3) is 0.250. The van der Waals surface area contributed by atoms with Crippen molar-refractivity contribution in [2.24, 2.45) is 5.73 Å². The quantitative estimate of drug-likeness (QED) is 0.534. The predicted octanol–water partition coefficient (Wildman–Crippen LogP) is 0.802. The van der Waals surface area contributed by atoms with E-state index in [1.807, 2.05) is 0 Å². The lowest BCUT2D eigenvalue weighted by atomic mass is 10.1. The minimum absolute atomic E-state index is 0.272. The molecule has 0 amide bonds. The van der Waals surface area contributed by atoms with Gasteiger partial charge >= 0.3 is 5.69 Å². The van der Waals surface area contributed by atoms with Gasteiger partial charge in [-0.05, 0) is 13.0 Å². The highest BCUT2D eigenvalue weighted by Crippen LogP contribution is 2.29. The lowest BCUT2D eigenvalue weighted by Gasteiger charge is -2.02. The molecule has 5 nitrogen and oxygen atoms in total. The number of nitro groups is 1. The maximum atomic E-state index is 10.4. The Kier molecular flexibility index (Phi) is 2.81. The number of hydrogen-bond donors (Lipinski definition) is 2. The van der Waals surface area contributed by atoms with Crippen LogP contribution < -0.4 is 5.73 Å². The van der Waals surface area contributed by atoms with Gasteiger partial charge in [0.15, 0.2) is 5.75 Å². The number of phenols is 1. The zero-order valence-corrected chi connectivity index (χ0v) is 6.93. The summed E-state index contributed by atoms with van der Waals surface area (Å²) in [4.78, 5) is 9.78. The van der Waals surface area contributed by atoms with E-state index in [1.54, 1.807) is 6.07 Å². The van der Waals surface area contributed by atoms with Gasteiger partial charge in [-0.2, -0.15) is 0 Å². The van der Waals surface area contributed by atoms with Crippen LogP contribution in [0.1, 0.15) is 5.56 Å². The summed E-state index contributed by atoms with van der Waals surface area (Å²) >= 11 is 0. The van der Waals surface area contributed by atoms with E-state index in [4.69, 9.17) is 5.73 Å². The van der Waals surface area contributed by atoms with Gasteiger partial charge in [-0.25, -0.2) is 0 Å². The summed E-state index contributed by atoms with van der Waals surface area (Å²) in [5.41, 5.74) is 5.51. The fourth-order valence-electron chi connectivity index (χ4n) is 1.08. The molecular formula is C8H10N2O3. The number of benzene rings is 1. The topological polar surface area (TPSA) is 89.4 Å². The fourth-order valence-corrected chi connectivity index (χ4v) is 1.08. The molecule has 0 radical (unpaired) electrons. The van der Waals surface area contributed by atoms with Gasteiger partial charge in [-0.3, -0.25) is 10.1 Å². The van der Waals surface area contributed by atoms with Gasteiger partial charge in [-0.15, -0.1) is 0 Å². The van der Waals surface area contributed by atoms with E-state index in [0.717, 1.165) is 0 Å². The van der Waals surface area contributed by atoms with Crippen LogP contribution in [0.2, 0.25) is 0 Å². The van der Waals surface area contributed by atoms with Crippen molar-refractivity contribution >= 4 is 5.69 Å². The van der Waals surface area contributed by atoms with Crippen LogP contribution in [0.3, 0.4) is 0 Å². The van der Waals surface area contributed by atoms with E-state index >= 15 is 0 Å². The number of rotatable bonds is 3. The molecule has 1 aromatic carbocycles. The van der Waals surface area contributed by atoms with Gasteiger partial charge in [0.1, 0.15) is 0 Å². The van der Waals surface area contributed by atoms with Crippen molar-refractivity contribution < 1.29 is 10.0 Å². The summed E-state index contributed by atoms with van der Waals surface area (Å²) in [6.45, 7) is 0.356. The predicted molar refractivity (Wildman–Crippen MR) is 47.5 cm³/mol. The molecule has 70 valence electrons. The van der Waals surface area contributed by atoms with Crippen LogP contribution in [0.15, 0.2) is 18.2 Å². The highest BCUT2D eigenvalue weighted by molar-refractivity contribution is 5.50. The summed E-state index contributed by atoms with van der Waals surface area (Å²) in [5.74, 6) is -0.280. The molecule has 13 heavy (non-hydrogen) atoms. The van der Waals surface area contributed by atoms with Gasteiger partial charge in [0.2, 0.25) is 0 Å². The van der Waals surface area contributed by atoms with Crippen molar-refractivity contribution in [2.75, 3.05) is 6.54 Å². The SMILES string of the molecule is NCCc1cccc([N+](=O)[O-])c1O.